The number of halogens is 1. The molecule has 2 aromatic rings. The maximum Gasteiger partial charge on any atom is 0.270 e. The molecule has 1 heterocycles. The number of carbonyl (C=O) groups is 1. The largest absolute Gasteiger partial charge is 0.378 e. The first kappa shape index (κ1) is 18.8. The van der Waals surface area contributed by atoms with Crippen molar-refractivity contribution in [1.29, 1.82) is 0 Å². The molecule has 142 valence electrons. The molecule has 7 nitrogen and oxygen atoms in total. The van der Waals surface area contributed by atoms with Gasteiger partial charge < -0.3 is 15.0 Å². The SMILES string of the molecule is O=C(NCCc1ccccc1F)c1cc([N+](=O)[O-])ccc1N1CCOCC1. The molecule has 1 aliphatic heterocycles. The molecule has 1 fully saturated rings. The number of hydrogen-bond donors (Lipinski definition) is 1. The Labute approximate surface area is 155 Å². The number of amides is 1. The molecule has 1 saturated heterocycles. The summed E-state index contributed by atoms with van der Waals surface area (Å²) in [7, 11) is 0. The first-order valence-corrected chi connectivity index (χ1v) is 8.69. The first-order valence-electron chi connectivity index (χ1n) is 8.69. The second-order valence-electron chi connectivity index (χ2n) is 6.16. The second-order valence-corrected chi connectivity index (χ2v) is 6.16. The first-order chi connectivity index (χ1) is 13.1. The average Bonchev–Trinajstić information content (AvgIpc) is 2.69. The standard InChI is InChI=1S/C19H20FN3O4/c20-17-4-2-1-3-14(17)7-8-21-19(24)16-13-15(23(25)26)5-6-18(16)22-9-11-27-12-10-22/h1-6,13H,7-12H2,(H,21,24). The van der Waals surface area contributed by atoms with Crippen molar-refractivity contribution in [3.05, 3.63) is 69.5 Å². The molecule has 0 unspecified atom stereocenters. The van der Waals surface area contributed by atoms with Crippen LogP contribution in [0.15, 0.2) is 42.5 Å². The lowest BCUT2D eigenvalue weighted by Crippen LogP contribution is -2.38. The highest BCUT2D eigenvalue weighted by Crippen LogP contribution is 2.26. The van der Waals surface area contributed by atoms with Crippen molar-refractivity contribution < 1.29 is 18.8 Å². The predicted octanol–water partition coefficient (Wildman–Crippen LogP) is 2.54. The summed E-state index contributed by atoms with van der Waals surface area (Å²) in [5, 5.41) is 13.8. The van der Waals surface area contributed by atoms with Gasteiger partial charge >= 0.3 is 0 Å². The van der Waals surface area contributed by atoms with Crippen LogP contribution in [0.5, 0.6) is 0 Å². The Balaban J connectivity index is 1.75. The van der Waals surface area contributed by atoms with E-state index in [1.54, 1.807) is 24.3 Å². The van der Waals surface area contributed by atoms with Crippen LogP contribution in [-0.2, 0) is 11.2 Å². The van der Waals surface area contributed by atoms with Gasteiger partial charge in [0, 0.05) is 31.8 Å². The molecule has 0 atom stereocenters. The lowest BCUT2D eigenvalue weighted by Gasteiger charge is -2.30. The lowest BCUT2D eigenvalue weighted by molar-refractivity contribution is -0.384. The van der Waals surface area contributed by atoms with Crippen LogP contribution in [0.25, 0.3) is 0 Å². The monoisotopic (exact) mass is 373 g/mol. The Morgan fingerprint density at radius 2 is 1.96 bits per heavy atom. The van der Waals surface area contributed by atoms with Crippen molar-refractivity contribution in [1.82, 2.24) is 5.32 Å². The fourth-order valence-electron chi connectivity index (χ4n) is 3.01. The summed E-state index contributed by atoms with van der Waals surface area (Å²) in [5.74, 6) is -0.743. The van der Waals surface area contributed by atoms with Gasteiger partial charge in [0.1, 0.15) is 5.82 Å². The van der Waals surface area contributed by atoms with Crippen LogP contribution in [0, 0.1) is 15.9 Å². The van der Waals surface area contributed by atoms with Gasteiger partial charge in [0.2, 0.25) is 0 Å². The van der Waals surface area contributed by atoms with E-state index in [1.165, 1.54) is 18.2 Å². The van der Waals surface area contributed by atoms with Gasteiger partial charge in [0.25, 0.3) is 11.6 Å². The van der Waals surface area contributed by atoms with Crippen LogP contribution in [0.4, 0.5) is 15.8 Å². The normalized spacial score (nSPS) is 14.0. The van der Waals surface area contributed by atoms with E-state index < -0.39 is 10.8 Å². The highest BCUT2D eigenvalue weighted by molar-refractivity contribution is 6.00. The Morgan fingerprint density at radius 3 is 2.67 bits per heavy atom. The Kier molecular flexibility index (Phi) is 5.97. The number of ether oxygens (including phenoxy) is 1. The van der Waals surface area contributed by atoms with E-state index in [0.717, 1.165) is 0 Å². The van der Waals surface area contributed by atoms with Gasteiger partial charge in [-0.25, -0.2) is 4.39 Å². The van der Waals surface area contributed by atoms with E-state index in [0.29, 0.717) is 44.0 Å². The number of nitrogens with zero attached hydrogens (tertiary/aromatic N) is 2. The summed E-state index contributed by atoms with van der Waals surface area (Å²) >= 11 is 0. The molecule has 0 aliphatic carbocycles. The fourth-order valence-corrected chi connectivity index (χ4v) is 3.01. The average molecular weight is 373 g/mol. The number of rotatable bonds is 6. The molecule has 8 heteroatoms. The smallest absolute Gasteiger partial charge is 0.270 e. The van der Waals surface area contributed by atoms with Gasteiger partial charge in [0.05, 0.1) is 29.4 Å². The fraction of sp³-hybridized carbons (Fsp3) is 0.316. The van der Waals surface area contributed by atoms with Gasteiger partial charge in [-0.05, 0) is 24.1 Å². The van der Waals surface area contributed by atoms with Crippen molar-refractivity contribution in [3.63, 3.8) is 0 Å². The van der Waals surface area contributed by atoms with Crippen LogP contribution in [0.1, 0.15) is 15.9 Å². The molecule has 0 aromatic heterocycles. The highest BCUT2D eigenvalue weighted by Gasteiger charge is 2.22. The summed E-state index contributed by atoms with van der Waals surface area (Å²) in [6.45, 7) is 2.50. The van der Waals surface area contributed by atoms with Gasteiger partial charge in [0.15, 0.2) is 0 Å². The number of nitrogens with one attached hydrogen (secondary N) is 1. The summed E-state index contributed by atoms with van der Waals surface area (Å²) in [6, 6.07) is 10.6. The molecule has 0 saturated carbocycles. The van der Waals surface area contributed by atoms with Crippen molar-refractivity contribution in [2.45, 2.75) is 6.42 Å². The molecule has 0 radical (unpaired) electrons. The van der Waals surface area contributed by atoms with E-state index in [2.05, 4.69) is 5.32 Å². The number of morpholine rings is 1. The summed E-state index contributed by atoms with van der Waals surface area (Å²) in [5.41, 5.74) is 1.23. The molecule has 1 aliphatic rings. The number of nitro groups is 1. The topological polar surface area (TPSA) is 84.7 Å². The van der Waals surface area contributed by atoms with Gasteiger partial charge in [-0.3, -0.25) is 14.9 Å². The minimum Gasteiger partial charge on any atom is -0.378 e. The van der Waals surface area contributed by atoms with Crippen LogP contribution < -0.4 is 10.2 Å². The van der Waals surface area contributed by atoms with Crippen molar-refractivity contribution >= 4 is 17.3 Å². The highest BCUT2D eigenvalue weighted by atomic mass is 19.1. The number of hydrogen-bond acceptors (Lipinski definition) is 5. The van der Waals surface area contributed by atoms with Crippen LogP contribution in [0.2, 0.25) is 0 Å². The maximum atomic E-state index is 13.7. The zero-order chi connectivity index (χ0) is 19.2. The van der Waals surface area contributed by atoms with Crippen LogP contribution in [-0.4, -0.2) is 43.7 Å². The minimum atomic E-state index is -0.529. The third kappa shape index (κ3) is 4.59. The quantitative estimate of drug-likeness (QED) is 0.621. The van der Waals surface area contributed by atoms with Crippen LogP contribution in [0.3, 0.4) is 0 Å². The molecule has 27 heavy (non-hydrogen) atoms. The minimum absolute atomic E-state index is 0.147. The molecule has 1 N–H and O–H groups in total. The van der Waals surface area contributed by atoms with Crippen molar-refractivity contribution in [3.8, 4) is 0 Å². The van der Waals surface area contributed by atoms with E-state index in [4.69, 9.17) is 4.74 Å². The maximum absolute atomic E-state index is 13.7. The second kappa shape index (κ2) is 8.59. The molecule has 2 aromatic carbocycles. The summed E-state index contributed by atoms with van der Waals surface area (Å²) in [6.07, 6.45) is 0.334. The lowest BCUT2D eigenvalue weighted by atomic mass is 10.1. The third-order valence-electron chi connectivity index (χ3n) is 4.43. The van der Waals surface area contributed by atoms with Gasteiger partial charge in [-0.1, -0.05) is 18.2 Å². The van der Waals surface area contributed by atoms with E-state index in [1.807, 2.05) is 4.90 Å². The third-order valence-corrected chi connectivity index (χ3v) is 4.43. The zero-order valence-corrected chi connectivity index (χ0v) is 14.7. The molecule has 1 amide bonds. The Hall–Kier alpha value is -3.00. The predicted molar refractivity (Wildman–Crippen MR) is 98.6 cm³/mol. The van der Waals surface area contributed by atoms with E-state index in [-0.39, 0.29) is 23.6 Å². The van der Waals surface area contributed by atoms with Gasteiger partial charge in [-0.2, -0.15) is 0 Å². The number of benzene rings is 2. The summed E-state index contributed by atoms with van der Waals surface area (Å²) < 4.78 is 19.0. The number of carbonyl (C=O) groups excluding carboxylic acids is 1. The Bertz CT molecular complexity index is 837. The molecular weight excluding hydrogens is 353 g/mol. The number of anilines is 1. The molecular formula is C19H20FN3O4. The number of nitro benzene ring substituents is 1. The Morgan fingerprint density at radius 1 is 1.22 bits per heavy atom. The van der Waals surface area contributed by atoms with Gasteiger partial charge in [-0.15, -0.1) is 0 Å². The van der Waals surface area contributed by atoms with E-state index >= 15 is 0 Å². The van der Waals surface area contributed by atoms with Crippen molar-refractivity contribution in [2.75, 3.05) is 37.7 Å². The molecule has 0 bridgehead atoms. The van der Waals surface area contributed by atoms with Crippen LogP contribution >= 0.6 is 0 Å². The molecule has 3 rings (SSSR count). The van der Waals surface area contributed by atoms with Crippen molar-refractivity contribution in [2.24, 2.45) is 0 Å². The van der Waals surface area contributed by atoms with E-state index in [9.17, 15) is 19.3 Å². The summed E-state index contributed by atoms with van der Waals surface area (Å²) in [4.78, 5) is 25.2. The number of non-ortho nitro benzene ring substituents is 1. The zero-order valence-electron chi connectivity index (χ0n) is 14.7. The molecule has 0 spiro atoms.